The van der Waals surface area contributed by atoms with Crippen LogP contribution in [0, 0.1) is 19.7 Å². The Balaban J connectivity index is 1.96. The van der Waals surface area contributed by atoms with Gasteiger partial charge >= 0.3 is 0 Å². The minimum absolute atomic E-state index is 0.135. The summed E-state index contributed by atoms with van der Waals surface area (Å²) in [7, 11) is 1.81. The van der Waals surface area contributed by atoms with Crippen molar-refractivity contribution in [1.29, 1.82) is 0 Å². The van der Waals surface area contributed by atoms with Crippen LogP contribution in [0.1, 0.15) is 27.3 Å². The molecule has 0 aliphatic heterocycles. The van der Waals surface area contributed by atoms with Crippen LogP contribution >= 0.6 is 0 Å². The number of hydrogen-bond donors (Lipinski definition) is 1. The smallest absolute Gasteiger partial charge is 0.255 e. The summed E-state index contributed by atoms with van der Waals surface area (Å²) in [5.74, 6) is -0.391. The normalized spacial score (nSPS) is 10.6. The van der Waals surface area contributed by atoms with Crippen molar-refractivity contribution in [3.05, 3.63) is 52.6 Å². The molecule has 1 amide bonds. The van der Waals surface area contributed by atoms with Crippen LogP contribution in [0.5, 0.6) is 0 Å². The van der Waals surface area contributed by atoms with Crippen molar-refractivity contribution < 1.29 is 9.18 Å². The number of rotatable bonds is 4. The predicted molar refractivity (Wildman–Crippen MR) is 75.1 cm³/mol. The van der Waals surface area contributed by atoms with E-state index in [4.69, 9.17) is 0 Å². The number of carbonyl (C=O) groups excluding carboxylic acids is 1. The van der Waals surface area contributed by atoms with Crippen LogP contribution in [0.25, 0.3) is 0 Å². The van der Waals surface area contributed by atoms with E-state index in [9.17, 15) is 9.18 Å². The van der Waals surface area contributed by atoms with E-state index in [1.54, 1.807) is 10.7 Å². The number of amides is 1. The summed E-state index contributed by atoms with van der Waals surface area (Å²) >= 11 is 0. The van der Waals surface area contributed by atoms with Gasteiger partial charge in [0.1, 0.15) is 5.82 Å². The molecule has 0 aliphatic carbocycles. The molecule has 1 N–H and O–H groups in total. The Morgan fingerprint density at radius 2 is 2.15 bits per heavy atom. The Kier molecular flexibility index (Phi) is 4.17. The van der Waals surface area contributed by atoms with Gasteiger partial charge in [0.05, 0.1) is 11.3 Å². The van der Waals surface area contributed by atoms with Crippen molar-refractivity contribution in [1.82, 2.24) is 15.1 Å². The predicted octanol–water partition coefficient (Wildman–Crippen LogP) is 2.15. The van der Waals surface area contributed by atoms with Crippen LogP contribution in [0.3, 0.4) is 0 Å². The first kappa shape index (κ1) is 14.2. The molecule has 2 rings (SSSR count). The van der Waals surface area contributed by atoms with Crippen molar-refractivity contribution in [2.75, 3.05) is 6.54 Å². The molecule has 5 heteroatoms. The van der Waals surface area contributed by atoms with Crippen LogP contribution in [0.4, 0.5) is 4.39 Å². The third kappa shape index (κ3) is 3.04. The molecule has 1 aromatic heterocycles. The highest BCUT2D eigenvalue weighted by Crippen LogP contribution is 2.11. The fourth-order valence-corrected chi connectivity index (χ4v) is 2.20. The van der Waals surface area contributed by atoms with E-state index in [2.05, 4.69) is 10.4 Å². The Hall–Kier alpha value is -2.17. The lowest BCUT2D eigenvalue weighted by molar-refractivity contribution is 0.0953. The van der Waals surface area contributed by atoms with E-state index in [-0.39, 0.29) is 11.7 Å². The average Bonchev–Trinajstić information content (AvgIpc) is 2.63. The van der Waals surface area contributed by atoms with E-state index in [0.29, 0.717) is 24.2 Å². The topological polar surface area (TPSA) is 46.9 Å². The summed E-state index contributed by atoms with van der Waals surface area (Å²) in [6.45, 7) is 4.14. The molecule has 0 spiro atoms. The molecule has 0 unspecified atom stereocenters. The first-order chi connectivity index (χ1) is 9.49. The van der Waals surface area contributed by atoms with Gasteiger partial charge in [0.15, 0.2) is 0 Å². The number of carbonyl (C=O) groups is 1. The van der Waals surface area contributed by atoms with Crippen molar-refractivity contribution in [2.24, 2.45) is 7.05 Å². The van der Waals surface area contributed by atoms with Gasteiger partial charge in [-0.1, -0.05) is 12.1 Å². The van der Waals surface area contributed by atoms with E-state index in [0.717, 1.165) is 11.3 Å². The minimum atomic E-state index is -0.257. The van der Waals surface area contributed by atoms with Crippen LogP contribution in [-0.2, 0) is 13.5 Å². The van der Waals surface area contributed by atoms with E-state index >= 15 is 0 Å². The summed E-state index contributed by atoms with van der Waals surface area (Å²) in [5.41, 5.74) is 3.04. The molecule has 1 heterocycles. The first-order valence-electron chi connectivity index (χ1n) is 6.52. The Morgan fingerprint density at radius 3 is 2.75 bits per heavy atom. The van der Waals surface area contributed by atoms with Gasteiger partial charge in [-0.05, 0) is 38.0 Å². The lowest BCUT2D eigenvalue weighted by Gasteiger charge is -2.06. The van der Waals surface area contributed by atoms with E-state index in [1.165, 1.54) is 12.1 Å². The lowest BCUT2D eigenvalue weighted by Crippen LogP contribution is -2.26. The Bertz CT molecular complexity index is 634. The highest BCUT2D eigenvalue weighted by atomic mass is 19.1. The summed E-state index contributed by atoms with van der Waals surface area (Å²) in [4.78, 5) is 12.1. The number of aromatic nitrogens is 2. The highest BCUT2D eigenvalue weighted by Gasteiger charge is 2.16. The van der Waals surface area contributed by atoms with Gasteiger partial charge in [-0.25, -0.2) is 4.39 Å². The maximum atomic E-state index is 13.0. The third-order valence-electron chi connectivity index (χ3n) is 3.32. The lowest BCUT2D eigenvalue weighted by atomic mass is 10.1. The van der Waals surface area contributed by atoms with Crippen molar-refractivity contribution in [3.8, 4) is 0 Å². The number of benzene rings is 1. The molecule has 0 fully saturated rings. The molecular formula is C15H18FN3O. The molecule has 20 heavy (non-hydrogen) atoms. The zero-order chi connectivity index (χ0) is 14.7. The molecule has 4 nitrogen and oxygen atoms in total. The number of halogens is 1. The molecule has 2 aromatic rings. The molecule has 0 saturated heterocycles. The zero-order valence-electron chi connectivity index (χ0n) is 11.9. The maximum absolute atomic E-state index is 13.0. The summed E-state index contributed by atoms with van der Waals surface area (Å²) in [6.07, 6.45) is 0.599. The van der Waals surface area contributed by atoms with Gasteiger partial charge in [-0.15, -0.1) is 0 Å². The van der Waals surface area contributed by atoms with Crippen molar-refractivity contribution in [2.45, 2.75) is 20.3 Å². The van der Waals surface area contributed by atoms with Crippen LogP contribution in [-0.4, -0.2) is 22.2 Å². The number of nitrogens with one attached hydrogen (secondary N) is 1. The molecule has 0 atom stereocenters. The Labute approximate surface area is 117 Å². The molecule has 0 radical (unpaired) electrons. The monoisotopic (exact) mass is 275 g/mol. The summed E-state index contributed by atoms with van der Waals surface area (Å²) in [6, 6.07) is 6.40. The van der Waals surface area contributed by atoms with Gasteiger partial charge < -0.3 is 5.32 Å². The number of nitrogens with zero attached hydrogens (tertiary/aromatic N) is 2. The standard InChI is InChI=1S/C15H18FN3O/c1-10-14(11(2)19(3)18-10)15(20)17-8-7-12-5-4-6-13(16)9-12/h4-6,9H,7-8H2,1-3H3,(H,17,20). The van der Waals surface area contributed by atoms with Gasteiger partial charge in [-0.2, -0.15) is 5.10 Å². The maximum Gasteiger partial charge on any atom is 0.255 e. The van der Waals surface area contributed by atoms with Gasteiger partial charge in [-0.3, -0.25) is 9.48 Å². The molecule has 106 valence electrons. The number of aryl methyl sites for hydroxylation is 2. The quantitative estimate of drug-likeness (QED) is 0.929. The SMILES string of the molecule is Cc1nn(C)c(C)c1C(=O)NCCc1cccc(F)c1. The second-order valence-corrected chi connectivity index (χ2v) is 4.81. The summed E-state index contributed by atoms with van der Waals surface area (Å²) < 4.78 is 14.7. The fourth-order valence-electron chi connectivity index (χ4n) is 2.20. The minimum Gasteiger partial charge on any atom is -0.352 e. The molecule has 1 aromatic carbocycles. The van der Waals surface area contributed by atoms with Crippen LogP contribution < -0.4 is 5.32 Å². The van der Waals surface area contributed by atoms with E-state index in [1.807, 2.05) is 27.0 Å². The van der Waals surface area contributed by atoms with Crippen molar-refractivity contribution in [3.63, 3.8) is 0 Å². The fraction of sp³-hybridized carbons (Fsp3) is 0.333. The largest absolute Gasteiger partial charge is 0.352 e. The van der Waals surface area contributed by atoms with Gasteiger partial charge in [0.2, 0.25) is 0 Å². The Morgan fingerprint density at radius 1 is 1.40 bits per heavy atom. The number of hydrogen-bond acceptors (Lipinski definition) is 2. The van der Waals surface area contributed by atoms with Crippen LogP contribution in [0.2, 0.25) is 0 Å². The average molecular weight is 275 g/mol. The zero-order valence-corrected chi connectivity index (χ0v) is 11.9. The van der Waals surface area contributed by atoms with Crippen molar-refractivity contribution >= 4 is 5.91 Å². The second kappa shape index (κ2) is 5.86. The highest BCUT2D eigenvalue weighted by molar-refractivity contribution is 5.96. The molecule has 0 aliphatic rings. The van der Waals surface area contributed by atoms with Crippen LogP contribution in [0.15, 0.2) is 24.3 Å². The summed E-state index contributed by atoms with van der Waals surface area (Å²) in [5, 5.41) is 7.06. The molecule has 0 saturated carbocycles. The second-order valence-electron chi connectivity index (χ2n) is 4.81. The van der Waals surface area contributed by atoms with E-state index < -0.39 is 0 Å². The van der Waals surface area contributed by atoms with Gasteiger partial charge in [0, 0.05) is 19.3 Å². The first-order valence-corrected chi connectivity index (χ1v) is 6.52. The third-order valence-corrected chi connectivity index (χ3v) is 3.32. The van der Waals surface area contributed by atoms with Gasteiger partial charge in [0.25, 0.3) is 5.91 Å². The molecule has 0 bridgehead atoms. The molecular weight excluding hydrogens is 257 g/mol.